The summed E-state index contributed by atoms with van der Waals surface area (Å²) in [4.78, 5) is 35.2. The van der Waals surface area contributed by atoms with Crippen LogP contribution >= 0.6 is 11.3 Å². The number of nitrogens with zero attached hydrogens (tertiary/aromatic N) is 7. The molecule has 0 spiro atoms. The lowest BCUT2D eigenvalue weighted by molar-refractivity contribution is -0.135. The Bertz CT molecular complexity index is 1280. The van der Waals surface area contributed by atoms with E-state index in [0.717, 1.165) is 51.5 Å². The Labute approximate surface area is 194 Å². The van der Waals surface area contributed by atoms with Gasteiger partial charge in [-0.2, -0.15) is 0 Å². The van der Waals surface area contributed by atoms with Gasteiger partial charge in [0.1, 0.15) is 17.0 Å². The highest BCUT2D eigenvalue weighted by Gasteiger charge is 2.23. The lowest BCUT2D eigenvalue weighted by Crippen LogP contribution is -2.49. The molecule has 4 aromatic rings. The molecule has 5 rings (SSSR count). The van der Waals surface area contributed by atoms with Crippen LogP contribution < -0.4 is 10.2 Å². The lowest BCUT2D eigenvalue weighted by Gasteiger charge is -2.36. The van der Waals surface area contributed by atoms with E-state index in [1.54, 1.807) is 25.8 Å². The number of thiazole rings is 1. The molecular formula is C22H24N8O2S. The number of amides is 1. The van der Waals surface area contributed by atoms with Gasteiger partial charge in [-0.15, -0.1) is 0 Å². The van der Waals surface area contributed by atoms with Crippen LogP contribution in [0.3, 0.4) is 0 Å². The number of carbonyl (C=O) groups excluding carboxylic acids is 1. The van der Waals surface area contributed by atoms with Gasteiger partial charge < -0.3 is 24.4 Å². The van der Waals surface area contributed by atoms with Crippen LogP contribution in [-0.2, 0) is 16.6 Å². The minimum atomic E-state index is 0.0224. The smallest absolute Gasteiger partial charge is 0.248 e. The Hall–Kier alpha value is -3.57. The van der Waals surface area contributed by atoms with E-state index in [2.05, 4.69) is 20.2 Å². The second kappa shape index (κ2) is 9.12. The highest BCUT2D eigenvalue weighted by atomic mass is 32.1. The molecule has 0 unspecified atom stereocenters. The van der Waals surface area contributed by atoms with Crippen molar-refractivity contribution < 1.29 is 9.53 Å². The summed E-state index contributed by atoms with van der Waals surface area (Å²) in [5, 5.41) is 4.11. The van der Waals surface area contributed by atoms with Crippen molar-refractivity contribution in [2.75, 3.05) is 50.1 Å². The number of hydrogen-bond acceptors (Lipinski definition) is 9. The minimum Gasteiger partial charge on any atom is -0.375 e. The molecule has 1 aliphatic rings. The van der Waals surface area contributed by atoms with Crippen LogP contribution in [-0.4, -0.2) is 75.2 Å². The Morgan fingerprint density at radius 3 is 2.79 bits per heavy atom. The van der Waals surface area contributed by atoms with Gasteiger partial charge in [0.05, 0.1) is 29.6 Å². The summed E-state index contributed by atoms with van der Waals surface area (Å²) in [5.74, 6) is 0.759. The number of pyridine rings is 2. The zero-order valence-electron chi connectivity index (χ0n) is 18.4. The van der Waals surface area contributed by atoms with Crippen molar-refractivity contribution in [3.63, 3.8) is 0 Å². The van der Waals surface area contributed by atoms with Gasteiger partial charge in [0.15, 0.2) is 10.9 Å². The second-order valence-corrected chi connectivity index (χ2v) is 8.70. The summed E-state index contributed by atoms with van der Waals surface area (Å²) < 4.78 is 6.91. The zero-order valence-corrected chi connectivity index (χ0v) is 19.2. The third-order valence-corrected chi connectivity index (χ3v) is 6.47. The molecule has 0 atom stereocenters. The third kappa shape index (κ3) is 4.37. The molecule has 0 bridgehead atoms. The normalized spacial score (nSPS) is 14.1. The molecule has 170 valence electrons. The fraction of sp³-hybridized carbons (Fsp3) is 0.318. The van der Waals surface area contributed by atoms with Gasteiger partial charge in [0.2, 0.25) is 5.91 Å². The van der Waals surface area contributed by atoms with Gasteiger partial charge in [-0.05, 0) is 24.3 Å². The van der Waals surface area contributed by atoms with Gasteiger partial charge in [0.25, 0.3) is 0 Å². The number of nitrogens with one attached hydrogen (secondary N) is 1. The second-order valence-electron chi connectivity index (χ2n) is 7.73. The van der Waals surface area contributed by atoms with Gasteiger partial charge in [-0.3, -0.25) is 4.79 Å². The maximum absolute atomic E-state index is 12.1. The minimum absolute atomic E-state index is 0.0224. The van der Waals surface area contributed by atoms with E-state index in [1.807, 2.05) is 40.8 Å². The average molecular weight is 465 g/mol. The Morgan fingerprint density at radius 1 is 1.18 bits per heavy atom. The third-order valence-electron chi connectivity index (χ3n) is 5.59. The van der Waals surface area contributed by atoms with Gasteiger partial charge in [0, 0.05) is 46.5 Å². The average Bonchev–Trinajstić information content (AvgIpc) is 3.44. The van der Waals surface area contributed by atoms with E-state index in [0.29, 0.717) is 13.1 Å². The summed E-state index contributed by atoms with van der Waals surface area (Å²) in [6, 6.07) is 7.89. The van der Waals surface area contributed by atoms with Crippen LogP contribution in [0, 0.1) is 0 Å². The largest absolute Gasteiger partial charge is 0.375 e. The van der Waals surface area contributed by atoms with Crippen molar-refractivity contribution in [2.24, 2.45) is 7.05 Å². The standard InChI is InChI=1S/C22H24N8O2S/c1-28-14-23-12-18(28)15-5-6-16-21(25-15)33-22(26-16)27-20-17(4-3-7-24-20)29-8-10-30(11-9-29)19(31)13-32-2/h3-7,12,14H,8-11,13H2,1-2H3,(H,24,26,27). The molecule has 0 radical (unpaired) electrons. The number of methoxy groups -OCH3 is 1. The summed E-state index contributed by atoms with van der Waals surface area (Å²) in [7, 11) is 3.49. The molecular weight excluding hydrogens is 440 g/mol. The van der Waals surface area contributed by atoms with Gasteiger partial charge >= 0.3 is 0 Å². The zero-order chi connectivity index (χ0) is 22.8. The van der Waals surface area contributed by atoms with Crippen molar-refractivity contribution in [3.8, 4) is 11.4 Å². The molecule has 1 amide bonds. The number of hydrogen-bond donors (Lipinski definition) is 1. The van der Waals surface area contributed by atoms with Gasteiger partial charge in [-0.1, -0.05) is 11.3 Å². The maximum atomic E-state index is 12.1. The topological polar surface area (TPSA) is 101 Å². The predicted octanol–water partition coefficient (Wildman–Crippen LogP) is 2.53. The van der Waals surface area contributed by atoms with E-state index in [4.69, 9.17) is 14.7 Å². The summed E-state index contributed by atoms with van der Waals surface area (Å²) in [6.45, 7) is 2.88. The first-order valence-corrected chi connectivity index (χ1v) is 11.4. The fourth-order valence-corrected chi connectivity index (χ4v) is 4.72. The van der Waals surface area contributed by atoms with E-state index < -0.39 is 0 Å². The van der Waals surface area contributed by atoms with Crippen LogP contribution in [0.25, 0.3) is 21.7 Å². The van der Waals surface area contributed by atoms with Crippen molar-refractivity contribution in [2.45, 2.75) is 0 Å². The van der Waals surface area contributed by atoms with E-state index in [-0.39, 0.29) is 12.5 Å². The SMILES string of the molecule is COCC(=O)N1CCN(c2cccnc2Nc2nc3ccc(-c4cncn4C)nc3s2)CC1. The maximum Gasteiger partial charge on any atom is 0.248 e. The highest BCUT2D eigenvalue weighted by Crippen LogP contribution is 2.32. The molecule has 1 fully saturated rings. The van der Waals surface area contributed by atoms with E-state index in [9.17, 15) is 4.79 Å². The Kier molecular flexibility index (Phi) is 5.88. The van der Waals surface area contributed by atoms with Crippen LogP contribution in [0.5, 0.6) is 0 Å². The number of piperazine rings is 1. The quantitative estimate of drug-likeness (QED) is 0.465. The molecule has 1 aliphatic heterocycles. The molecule has 1 N–H and O–H groups in total. The number of imidazole rings is 1. The first kappa shape index (κ1) is 21.3. The highest BCUT2D eigenvalue weighted by molar-refractivity contribution is 7.21. The van der Waals surface area contributed by atoms with Crippen LogP contribution in [0.4, 0.5) is 16.6 Å². The summed E-state index contributed by atoms with van der Waals surface area (Å²) in [6.07, 6.45) is 5.32. The van der Waals surface area contributed by atoms with Crippen molar-refractivity contribution in [1.82, 2.24) is 29.4 Å². The number of aromatic nitrogens is 5. The molecule has 4 aromatic heterocycles. The molecule has 0 aromatic carbocycles. The summed E-state index contributed by atoms with van der Waals surface area (Å²) in [5.41, 5.74) is 3.63. The number of aryl methyl sites for hydroxylation is 1. The van der Waals surface area contributed by atoms with Crippen molar-refractivity contribution >= 4 is 44.2 Å². The number of fused-ring (bicyclic) bond motifs is 1. The molecule has 10 nitrogen and oxygen atoms in total. The monoisotopic (exact) mass is 464 g/mol. The van der Waals surface area contributed by atoms with Crippen LogP contribution in [0.1, 0.15) is 0 Å². The van der Waals surface area contributed by atoms with Crippen molar-refractivity contribution in [3.05, 3.63) is 43.0 Å². The first-order chi connectivity index (χ1) is 16.1. The van der Waals surface area contributed by atoms with Crippen LogP contribution in [0.2, 0.25) is 0 Å². The number of ether oxygens (including phenoxy) is 1. The molecule has 0 saturated carbocycles. The van der Waals surface area contributed by atoms with Crippen molar-refractivity contribution in [1.29, 1.82) is 0 Å². The number of rotatable bonds is 6. The van der Waals surface area contributed by atoms with E-state index >= 15 is 0 Å². The fourth-order valence-electron chi connectivity index (χ4n) is 3.88. The predicted molar refractivity (Wildman–Crippen MR) is 128 cm³/mol. The van der Waals surface area contributed by atoms with Crippen LogP contribution in [0.15, 0.2) is 43.0 Å². The molecule has 33 heavy (non-hydrogen) atoms. The van der Waals surface area contributed by atoms with E-state index in [1.165, 1.54) is 11.3 Å². The Morgan fingerprint density at radius 2 is 2.03 bits per heavy atom. The lowest BCUT2D eigenvalue weighted by atomic mass is 10.2. The summed E-state index contributed by atoms with van der Waals surface area (Å²) >= 11 is 1.49. The molecule has 1 saturated heterocycles. The Balaban J connectivity index is 1.34. The number of carbonyl (C=O) groups is 1. The molecule has 5 heterocycles. The molecule has 11 heteroatoms. The molecule has 0 aliphatic carbocycles. The number of anilines is 3. The van der Waals surface area contributed by atoms with Gasteiger partial charge in [-0.25, -0.2) is 19.9 Å². The first-order valence-electron chi connectivity index (χ1n) is 10.6.